The molecule has 0 bridgehead atoms. The number of nitrogens with zero attached hydrogens (tertiary/aromatic N) is 2. The van der Waals surface area contributed by atoms with Crippen LogP contribution in [0.2, 0.25) is 5.02 Å². The van der Waals surface area contributed by atoms with Gasteiger partial charge in [-0.1, -0.05) is 44.5 Å². The number of rotatable bonds is 1. The van der Waals surface area contributed by atoms with E-state index in [9.17, 15) is 23.1 Å². The fourth-order valence-electron chi connectivity index (χ4n) is 2.25. The van der Waals surface area contributed by atoms with Crippen molar-refractivity contribution < 1.29 is 23.1 Å². The maximum Gasteiger partial charge on any atom is 0.431 e. The molecule has 0 unspecified atom stereocenters. The summed E-state index contributed by atoms with van der Waals surface area (Å²) in [5, 5.41) is 14.7. The summed E-state index contributed by atoms with van der Waals surface area (Å²) in [4.78, 5) is 12.6. The van der Waals surface area contributed by atoms with Gasteiger partial charge >= 0.3 is 6.18 Å². The van der Waals surface area contributed by atoms with Crippen molar-refractivity contribution in [2.45, 2.75) is 39.1 Å². The van der Waals surface area contributed by atoms with Gasteiger partial charge in [-0.2, -0.15) is 23.3 Å². The molecule has 1 aliphatic heterocycles. The molecule has 0 saturated heterocycles. The van der Waals surface area contributed by atoms with Crippen molar-refractivity contribution >= 4 is 23.2 Å². The molecule has 1 aliphatic rings. The lowest BCUT2D eigenvalue weighted by Crippen LogP contribution is -2.55. The average Bonchev–Trinajstić information content (AvgIpc) is 2.77. The molecule has 1 aromatic rings. The Balaban J connectivity index is 2.53. The number of hydrogen-bond donors (Lipinski definition) is 1. The number of aliphatic hydroxyl groups is 1. The number of benzene rings is 1. The number of carbonyl (C=O) groups is 1. The van der Waals surface area contributed by atoms with Crippen LogP contribution in [0.1, 0.15) is 37.6 Å². The zero-order valence-electron chi connectivity index (χ0n) is 12.8. The maximum atomic E-state index is 13.0. The molecule has 0 aliphatic carbocycles. The molecule has 0 fully saturated rings. The van der Waals surface area contributed by atoms with Crippen molar-refractivity contribution in [3.8, 4) is 0 Å². The van der Waals surface area contributed by atoms with Gasteiger partial charge in [0.25, 0.3) is 5.91 Å². The van der Waals surface area contributed by atoms with E-state index in [1.165, 1.54) is 39.0 Å². The van der Waals surface area contributed by atoms with Crippen molar-refractivity contribution in [1.29, 1.82) is 0 Å². The van der Waals surface area contributed by atoms with Gasteiger partial charge in [-0.05, 0) is 12.1 Å². The Kier molecular flexibility index (Phi) is 4.24. The van der Waals surface area contributed by atoms with Crippen molar-refractivity contribution in [2.24, 2.45) is 10.5 Å². The van der Waals surface area contributed by atoms with E-state index in [4.69, 9.17) is 11.6 Å². The Hall–Kier alpha value is -1.60. The van der Waals surface area contributed by atoms with Crippen molar-refractivity contribution in [1.82, 2.24) is 5.01 Å². The van der Waals surface area contributed by atoms with E-state index in [1.54, 1.807) is 6.07 Å². The van der Waals surface area contributed by atoms with Crippen LogP contribution in [-0.2, 0) is 0 Å². The number of amides is 1. The molecule has 0 spiro atoms. The molecular formula is C15H16ClF3N2O2. The summed E-state index contributed by atoms with van der Waals surface area (Å²) in [6, 6.07) is 5.92. The predicted molar refractivity (Wildman–Crippen MR) is 80.1 cm³/mol. The Morgan fingerprint density at radius 1 is 1.30 bits per heavy atom. The fourth-order valence-corrected chi connectivity index (χ4v) is 2.47. The first-order valence-corrected chi connectivity index (χ1v) is 7.22. The summed E-state index contributed by atoms with van der Waals surface area (Å²) in [7, 11) is 0. The summed E-state index contributed by atoms with van der Waals surface area (Å²) in [5.74, 6) is -0.882. The molecule has 2 rings (SSSR count). The third-order valence-corrected chi connectivity index (χ3v) is 4.14. The fraction of sp³-hybridized carbons (Fsp3) is 0.467. The van der Waals surface area contributed by atoms with Crippen LogP contribution in [0.3, 0.4) is 0 Å². The first kappa shape index (κ1) is 17.7. The van der Waals surface area contributed by atoms with Gasteiger partial charge < -0.3 is 5.11 Å². The van der Waals surface area contributed by atoms with Gasteiger partial charge in [-0.25, -0.2) is 0 Å². The van der Waals surface area contributed by atoms with Gasteiger partial charge in [-0.3, -0.25) is 4.79 Å². The highest BCUT2D eigenvalue weighted by atomic mass is 35.5. The quantitative estimate of drug-likeness (QED) is 0.838. The van der Waals surface area contributed by atoms with Gasteiger partial charge in [-0.15, -0.1) is 0 Å². The summed E-state index contributed by atoms with van der Waals surface area (Å²) in [6.07, 6.45) is -5.52. The molecule has 1 heterocycles. The van der Waals surface area contributed by atoms with Gasteiger partial charge in [0.15, 0.2) is 5.72 Å². The lowest BCUT2D eigenvalue weighted by atomic mass is 9.80. The number of carbonyl (C=O) groups excluding carboxylic acids is 1. The summed E-state index contributed by atoms with van der Waals surface area (Å²) in [6.45, 7) is 4.61. The van der Waals surface area contributed by atoms with E-state index in [0.29, 0.717) is 5.01 Å². The molecule has 0 radical (unpaired) electrons. The SMILES string of the molecule is CC(C)(C)[C@@]1(O)CC(C(F)(F)F)=NN1C(=O)c1ccccc1Cl. The van der Waals surface area contributed by atoms with Gasteiger partial charge in [0, 0.05) is 11.8 Å². The Bertz CT molecular complexity index is 667. The lowest BCUT2D eigenvalue weighted by Gasteiger charge is -2.41. The lowest BCUT2D eigenvalue weighted by molar-refractivity contribution is -0.144. The van der Waals surface area contributed by atoms with Crippen LogP contribution in [0.15, 0.2) is 29.4 Å². The Morgan fingerprint density at radius 3 is 2.35 bits per heavy atom. The molecule has 4 nitrogen and oxygen atoms in total. The average molecular weight is 349 g/mol. The normalized spacial score (nSPS) is 22.3. The number of hydrogen-bond acceptors (Lipinski definition) is 3. The third kappa shape index (κ3) is 3.07. The number of hydrazone groups is 1. The highest BCUT2D eigenvalue weighted by Gasteiger charge is 2.57. The van der Waals surface area contributed by atoms with E-state index in [1.807, 2.05) is 0 Å². The van der Waals surface area contributed by atoms with Gasteiger partial charge in [0.05, 0.1) is 10.6 Å². The van der Waals surface area contributed by atoms with Crippen LogP contribution >= 0.6 is 11.6 Å². The number of halogens is 4. The largest absolute Gasteiger partial charge is 0.431 e. The maximum absolute atomic E-state index is 13.0. The molecule has 1 N–H and O–H groups in total. The second-order valence-corrected chi connectivity index (χ2v) is 6.79. The van der Waals surface area contributed by atoms with E-state index < -0.39 is 35.4 Å². The third-order valence-electron chi connectivity index (χ3n) is 3.81. The summed E-state index contributed by atoms with van der Waals surface area (Å²) >= 11 is 5.93. The molecule has 8 heteroatoms. The minimum Gasteiger partial charge on any atom is -0.368 e. The second kappa shape index (κ2) is 5.49. The molecule has 23 heavy (non-hydrogen) atoms. The van der Waals surface area contributed by atoms with Crippen LogP contribution in [0, 0.1) is 5.41 Å². The molecule has 126 valence electrons. The standard InChI is InChI=1S/C15H16ClF3N2O2/c1-13(2,3)14(23)8-11(15(17,18)19)20-21(14)12(22)9-6-4-5-7-10(9)16/h4-7,23H,8H2,1-3H3/t14-/m0/s1. The number of alkyl halides is 3. The highest BCUT2D eigenvalue weighted by molar-refractivity contribution is 6.33. The molecule has 0 saturated carbocycles. The topological polar surface area (TPSA) is 52.9 Å². The smallest absolute Gasteiger partial charge is 0.368 e. The zero-order chi connectivity index (χ0) is 17.6. The second-order valence-electron chi connectivity index (χ2n) is 6.38. The van der Waals surface area contributed by atoms with Gasteiger partial charge in [0.2, 0.25) is 0 Å². The zero-order valence-corrected chi connectivity index (χ0v) is 13.5. The Labute approximate surface area is 136 Å². The van der Waals surface area contributed by atoms with Crippen LogP contribution in [0.5, 0.6) is 0 Å². The van der Waals surface area contributed by atoms with Crippen LogP contribution in [0.4, 0.5) is 13.2 Å². The van der Waals surface area contributed by atoms with E-state index in [-0.39, 0.29) is 10.6 Å². The molecule has 1 aromatic carbocycles. The summed E-state index contributed by atoms with van der Waals surface area (Å²) < 4.78 is 39.0. The van der Waals surface area contributed by atoms with E-state index in [0.717, 1.165) is 0 Å². The van der Waals surface area contributed by atoms with Crippen LogP contribution in [0.25, 0.3) is 0 Å². The van der Waals surface area contributed by atoms with Crippen molar-refractivity contribution in [2.75, 3.05) is 0 Å². The first-order valence-electron chi connectivity index (χ1n) is 6.84. The van der Waals surface area contributed by atoms with Crippen molar-refractivity contribution in [3.05, 3.63) is 34.9 Å². The molecule has 0 aromatic heterocycles. The summed E-state index contributed by atoms with van der Waals surface area (Å²) in [5.41, 5.74) is -4.38. The molecular weight excluding hydrogens is 333 g/mol. The minimum absolute atomic E-state index is 0.0241. The monoisotopic (exact) mass is 348 g/mol. The van der Waals surface area contributed by atoms with Crippen molar-refractivity contribution in [3.63, 3.8) is 0 Å². The highest BCUT2D eigenvalue weighted by Crippen LogP contribution is 2.44. The van der Waals surface area contributed by atoms with Crippen LogP contribution < -0.4 is 0 Å². The molecule has 1 amide bonds. The first-order chi connectivity index (χ1) is 10.4. The predicted octanol–water partition coefficient (Wildman–Crippen LogP) is 3.84. The molecule has 1 atom stereocenters. The van der Waals surface area contributed by atoms with E-state index in [2.05, 4.69) is 5.10 Å². The van der Waals surface area contributed by atoms with E-state index >= 15 is 0 Å². The minimum atomic E-state index is -4.73. The Morgan fingerprint density at radius 2 is 1.87 bits per heavy atom. The van der Waals surface area contributed by atoms with Gasteiger partial charge in [0.1, 0.15) is 5.71 Å². The van der Waals surface area contributed by atoms with Crippen LogP contribution in [-0.4, -0.2) is 33.6 Å².